The van der Waals surface area contributed by atoms with E-state index in [-0.39, 0.29) is 0 Å². The average molecular weight is 336 g/mol. The van der Waals surface area contributed by atoms with Crippen molar-refractivity contribution in [3.63, 3.8) is 0 Å². The van der Waals surface area contributed by atoms with Gasteiger partial charge in [0.15, 0.2) is 0 Å². The Labute approximate surface area is 147 Å². The van der Waals surface area contributed by atoms with Gasteiger partial charge in [0.25, 0.3) is 0 Å². The van der Waals surface area contributed by atoms with Crippen LogP contribution in [0.4, 0.5) is 0 Å². The zero-order valence-electron chi connectivity index (χ0n) is 14.5. The van der Waals surface area contributed by atoms with E-state index in [9.17, 15) is 5.11 Å². The van der Waals surface area contributed by atoms with Crippen molar-refractivity contribution in [3.05, 3.63) is 60.2 Å². The van der Waals surface area contributed by atoms with Gasteiger partial charge in [-0.25, -0.2) is 4.98 Å². The third-order valence-corrected chi connectivity index (χ3v) is 5.35. The molecule has 0 spiro atoms. The molecule has 5 nitrogen and oxygen atoms in total. The van der Waals surface area contributed by atoms with Crippen molar-refractivity contribution < 1.29 is 5.11 Å². The summed E-state index contributed by atoms with van der Waals surface area (Å²) in [6, 6.07) is 12.1. The molecule has 1 atom stereocenters. The molecule has 0 radical (unpaired) electrons. The van der Waals surface area contributed by atoms with Gasteiger partial charge in [0.2, 0.25) is 0 Å². The Kier molecular flexibility index (Phi) is 4.51. The number of piperidine rings is 1. The Bertz CT molecular complexity index is 837. The van der Waals surface area contributed by atoms with Crippen molar-refractivity contribution in [1.29, 1.82) is 0 Å². The van der Waals surface area contributed by atoms with E-state index in [1.807, 2.05) is 18.2 Å². The van der Waals surface area contributed by atoms with Crippen LogP contribution in [0.1, 0.15) is 30.3 Å². The lowest BCUT2D eigenvalue weighted by atomic mass is 9.88. The number of para-hydroxylation sites is 2. The fourth-order valence-electron chi connectivity index (χ4n) is 3.79. The van der Waals surface area contributed by atoms with Crippen molar-refractivity contribution in [1.82, 2.24) is 19.4 Å². The zero-order chi connectivity index (χ0) is 17.2. The number of likely N-dealkylation sites (tertiary alicyclic amines) is 1. The fourth-order valence-corrected chi connectivity index (χ4v) is 3.79. The summed E-state index contributed by atoms with van der Waals surface area (Å²) < 4.78 is 2.19. The Morgan fingerprint density at radius 1 is 1.16 bits per heavy atom. The van der Waals surface area contributed by atoms with E-state index >= 15 is 0 Å². The molecule has 25 heavy (non-hydrogen) atoms. The van der Waals surface area contributed by atoms with Gasteiger partial charge in [-0.05, 0) is 55.6 Å². The molecule has 0 saturated carbocycles. The largest absolute Gasteiger partial charge is 0.388 e. The second-order valence-electron chi connectivity index (χ2n) is 6.92. The van der Waals surface area contributed by atoms with E-state index in [0.29, 0.717) is 5.92 Å². The third kappa shape index (κ3) is 3.30. The molecule has 1 aromatic carbocycles. The molecular formula is C20H24N4O. The average Bonchev–Trinajstić information content (AvgIpc) is 2.98. The number of nitrogens with zero attached hydrogens (tertiary/aromatic N) is 4. The molecule has 1 aliphatic heterocycles. The van der Waals surface area contributed by atoms with Crippen LogP contribution < -0.4 is 0 Å². The third-order valence-electron chi connectivity index (χ3n) is 5.35. The van der Waals surface area contributed by atoms with Gasteiger partial charge >= 0.3 is 0 Å². The van der Waals surface area contributed by atoms with Crippen LogP contribution in [0.2, 0.25) is 0 Å². The molecule has 1 N–H and O–H groups in total. The second kappa shape index (κ2) is 6.94. The summed E-state index contributed by atoms with van der Waals surface area (Å²) in [6.07, 6.45) is 5.11. The number of fused-ring (bicyclic) bond motifs is 1. The number of hydrogen-bond acceptors (Lipinski definition) is 4. The molecule has 0 amide bonds. The first kappa shape index (κ1) is 16.2. The summed E-state index contributed by atoms with van der Waals surface area (Å²) in [4.78, 5) is 11.3. The highest BCUT2D eigenvalue weighted by molar-refractivity contribution is 5.75. The van der Waals surface area contributed by atoms with Crippen LogP contribution in [0.3, 0.4) is 0 Å². The highest BCUT2D eigenvalue weighted by Crippen LogP contribution is 2.30. The van der Waals surface area contributed by atoms with Gasteiger partial charge in [-0.1, -0.05) is 18.2 Å². The summed E-state index contributed by atoms with van der Waals surface area (Å²) in [5.74, 6) is 1.41. The monoisotopic (exact) mass is 336 g/mol. The molecule has 3 heterocycles. The Morgan fingerprint density at radius 2 is 1.96 bits per heavy atom. The summed E-state index contributed by atoms with van der Waals surface area (Å²) >= 11 is 0. The van der Waals surface area contributed by atoms with Gasteiger partial charge in [-0.15, -0.1) is 0 Å². The number of aromatic nitrogens is 3. The van der Waals surface area contributed by atoms with Crippen LogP contribution >= 0.6 is 0 Å². The van der Waals surface area contributed by atoms with Crippen LogP contribution in [-0.2, 0) is 13.6 Å². The lowest BCUT2D eigenvalue weighted by molar-refractivity contribution is 0.0556. The first-order valence-corrected chi connectivity index (χ1v) is 8.93. The van der Waals surface area contributed by atoms with Crippen LogP contribution in [-0.4, -0.2) is 37.6 Å². The van der Waals surface area contributed by atoms with Crippen LogP contribution in [0, 0.1) is 5.92 Å². The maximum absolute atomic E-state index is 10.6. The molecule has 130 valence electrons. The van der Waals surface area contributed by atoms with Gasteiger partial charge < -0.3 is 9.67 Å². The quantitative estimate of drug-likeness (QED) is 0.796. The van der Waals surface area contributed by atoms with Crippen molar-refractivity contribution in [2.45, 2.75) is 25.5 Å². The molecule has 2 aromatic heterocycles. The van der Waals surface area contributed by atoms with Crippen molar-refractivity contribution >= 4 is 11.0 Å². The first-order chi connectivity index (χ1) is 12.2. The van der Waals surface area contributed by atoms with Gasteiger partial charge in [0, 0.05) is 19.4 Å². The molecule has 3 aromatic rings. The lowest BCUT2D eigenvalue weighted by Gasteiger charge is -2.34. The predicted molar refractivity (Wildman–Crippen MR) is 97.9 cm³/mol. The molecule has 0 bridgehead atoms. The van der Waals surface area contributed by atoms with Crippen molar-refractivity contribution in [3.8, 4) is 0 Å². The standard InChI is InChI=1S/C20H24N4O/c1-23-18-7-3-2-6-17(18)22-19(23)14-24-11-8-15(9-12-24)20(25)16-5-4-10-21-13-16/h2-7,10,13,15,20,25H,8-9,11-12,14H2,1H3. The molecule has 5 heteroatoms. The first-order valence-electron chi connectivity index (χ1n) is 8.93. The number of aryl methyl sites for hydroxylation is 1. The van der Waals surface area contributed by atoms with E-state index in [0.717, 1.165) is 49.4 Å². The minimum atomic E-state index is -0.411. The van der Waals surface area contributed by atoms with Crippen molar-refractivity contribution in [2.75, 3.05) is 13.1 Å². The lowest BCUT2D eigenvalue weighted by Crippen LogP contribution is -2.35. The molecule has 1 fully saturated rings. The summed E-state index contributed by atoms with van der Waals surface area (Å²) in [7, 11) is 2.09. The van der Waals surface area contributed by atoms with Gasteiger partial charge in [-0.2, -0.15) is 0 Å². The minimum absolute atomic E-state index is 0.306. The number of hydrogen-bond donors (Lipinski definition) is 1. The normalized spacial score (nSPS) is 17.8. The number of benzene rings is 1. The van der Waals surface area contributed by atoms with Crippen LogP contribution in [0.25, 0.3) is 11.0 Å². The van der Waals surface area contributed by atoms with Crippen LogP contribution in [0.5, 0.6) is 0 Å². The van der Waals surface area contributed by atoms with Crippen LogP contribution in [0.15, 0.2) is 48.8 Å². The van der Waals surface area contributed by atoms with E-state index in [1.54, 1.807) is 12.4 Å². The maximum Gasteiger partial charge on any atom is 0.123 e. The van der Waals surface area contributed by atoms with E-state index in [1.165, 1.54) is 5.52 Å². The summed E-state index contributed by atoms with van der Waals surface area (Å²) in [5.41, 5.74) is 3.16. The fraction of sp³-hybridized carbons (Fsp3) is 0.400. The van der Waals surface area contributed by atoms with Gasteiger partial charge in [-0.3, -0.25) is 9.88 Å². The van der Waals surface area contributed by atoms with Crippen molar-refractivity contribution in [2.24, 2.45) is 13.0 Å². The van der Waals surface area contributed by atoms with E-state index < -0.39 is 6.10 Å². The number of aliphatic hydroxyl groups excluding tert-OH is 1. The predicted octanol–water partition coefficient (Wildman–Crippen LogP) is 2.91. The van der Waals surface area contributed by atoms with E-state index in [4.69, 9.17) is 4.98 Å². The highest BCUT2D eigenvalue weighted by Gasteiger charge is 2.27. The minimum Gasteiger partial charge on any atom is -0.388 e. The summed E-state index contributed by atoms with van der Waals surface area (Å²) in [5, 5.41) is 10.6. The number of imidazole rings is 1. The number of rotatable bonds is 4. The molecular weight excluding hydrogens is 312 g/mol. The maximum atomic E-state index is 10.6. The molecule has 1 aliphatic rings. The SMILES string of the molecule is Cn1c(CN2CCC(C(O)c3cccnc3)CC2)nc2ccccc21. The molecule has 0 aliphatic carbocycles. The zero-order valence-corrected chi connectivity index (χ0v) is 14.5. The molecule has 1 unspecified atom stereocenters. The molecule has 1 saturated heterocycles. The molecule has 4 rings (SSSR count). The number of pyridine rings is 1. The topological polar surface area (TPSA) is 54.2 Å². The highest BCUT2D eigenvalue weighted by atomic mass is 16.3. The Hall–Kier alpha value is -2.24. The Balaban J connectivity index is 1.39. The Morgan fingerprint density at radius 3 is 2.68 bits per heavy atom. The number of aliphatic hydroxyl groups is 1. The van der Waals surface area contributed by atoms with Gasteiger partial charge in [0.1, 0.15) is 5.82 Å². The van der Waals surface area contributed by atoms with E-state index in [2.05, 4.69) is 39.7 Å². The van der Waals surface area contributed by atoms with Gasteiger partial charge in [0.05, 0.1) is 23.7 Å². The second-order valence-corrected chi connectivity index (χ2v) is 6.92. The summed E-state index contributed by atoms with van der Waals surface area (Å²) in [6.45, 7) is 2.84. The smallest absolute Gasteiger partial charge is 0.123 e.